The predicted octanol–water partition coefficient (Wildman–Crippen LogP) is 6.30. The number of H-pyrrole nitrogens is 1. The van der Waals surface area contributed by atoms with Crippen LogP contribution in [0.5, 0.6) is 5.75 Å². The van der Waals surface area contributed by atoms with E-state index >= 15 is 0 Å². The number of methoxy groups -OCH3 is 1. The van der Waals surface area contributed by atoms with Gasteiger partial charge in [-0.25, -0.2) is 9.78 Å². The third-order valence-corrected chi connectivity index (χ3v) is 6.80. The van der Waals surface area contributed by atoms with Gasteiger partial charge in [0.1, 0.15) is 17.2 Å². The van der Waals surface area contributed by atoms with Crippen LogP contribution in [0.15, 0.2) is 36.4 Å². The normalized spacial score (nSPS) is 15.6. The highest BCUT2D eigenvalue weighted by Gasteiger charge is 2.34. The fourth-order valence-corrected chi connectivity index (χ4v) is 4.78. The van der Waals surface area contributed by atoms with Crippen molar-refractivity contribution in [3.63, 3.8) is 0 Å². The molecule has 0 atom stereocenters. The summed E-state index contributed by atoms with van der Waals surface area (Å²) in [6.45, 7) is 8.10. The first-order valence-electron chi connectivity index (χ1n) is 12.8. The summed E-state index contributed by atoms with van der Waals surface area (Å²) >= 11 is 0. The molecule has 0 aliphatic carbocycles. The number of hydrogen-bond acceptors (Lipinski definition) is 5. The zero-order valence-electron chi connectivity index (χ0n) is 22.5. The van der Waals surface area contributed by atoms with Crippen LogP contribution in [0.25, 0.3) is 22.4 Å². The van der Waals surface area contributed by atoms with Crippen LogP contribution >= 0.6 is 0 Å². The Labute approximate surface area is 220 Å². The first kappa shape index (κ1) is 27.8. The van der Waals surface area contributed by atoms with Crippen molar-refractivity contribution in [1.82, 2.24) is 19.8 Å². The smallest absolute Gasteiger partial charge is 0.416 e. The molecule has 1 aliphatic heterocycles. The van der Waals surface area contributed by atoms with E-state index in [0.29, 0.717) is 54.1 Å². The van der Waals surface area contributed by atoms with Crippen molar-refractivity contribution in [3.8, 4) is 17.1 Å². The lowest BCUT2D eigenvalue weighted by Gasteiger charge is -2.33. The molecular formula is C28H35F3N4O3. The van der Waals surface area contributed by atoms with E-state index in [4.69, 9.17) is 9.47 Å². The molecule has 1 aromatic heterocycles. The molecule has 0 bridgehead atoms. The van der Waals surface area contributed by atoms with Crippen LogP contribution in [0.4, 0.5) is 18.0 Å². The highest BCUT2D eigenvalue weighted by molar-refractivity contribution is 5.85. The fourth-order valence-electron chi connectivity index (χ4n) is 4.78. The molecule has 10 heteroatoms. The highest BCUT2D eigenvalue weighted by atomic mass is 19.4. The lowest BCUT2D eigenvalue weighted by molar-refractivity contribution is -0.137. The van der Waals surface area contributed by atoms with E-state index in [0.717, 1.165) is 19.2 Å². The topological polar surface area (TPSA) is 70.7 Å². The van der Waals surface area contributed by atoms with Crippen LogP contribution in [0.1, 0.15) is 50.7 Å². The van der Waals surface area contributed by atoms with Crippen molar-refractivity contribution in [2.45, 2.75) is 51.3 Å². The number of nitrogens with zero attached hydrogens (tertiary/aromatic N) is 3. The number of aromatic amines is 1. The Kier molecular flexibility index (Phi) is 7.92. The van der Waals surface area contributed by atoms with Gasteiger partial charge < -0.3 is 24.3 Å². The van der Waals surface area contributed by atoms with Crippen LogP contribution in [0, 0.1) is 0 Å². The minimum absolute atomic E-state index is 0.0504. The van der Waals surface area contributed by atoms with E-state index < -0.39 is 17.3 Å². The summed E-state index contributed by atoms with van der Waals surface area (Å²) in [7, 11) is 3.26. The molecule has 2 heterocycles. The molecule has 0 radical (unpaired) electrons. The number of piperidine rings is 1. The number of fused-ring (bicyclic) bond motifs is 1. The Bertz CT molecular complexity index is 1270. The maximum Gasteiger partial charge on any atom is 0.416 e. The number of hydrogen-bond donors (Lipinski definition) is 1. The molecule has 1 aliphatic rings. The van der Waals surface area contributed by atoms with E-state index in [1.165, 1.54) is 6.07 Å². The summed E-state index contributed by atoms with van der Waals surface area (Å²) in [6.07, 6.45) is -3.44. The molecule has 7 nitrogen and oxygen atoms in total. The van der Waals surface area contributed by atoms with Gasteiger partial charge in [0.25, 0.3) is 0 Å². The van der Waals surface area contributed by atoms with Crippen LogP contribution in [0.3, 0.4) is 0 Å². The quantitative estimate of drug-likeness (QED) is 0.403. The van der Waals surface area contributed by atoms with Crippen LogP contribution in [-0.2, 0) is 10.9 Å². The van der Waals surface area contributed by atoms with Gasteiger partial charge in [-0.15, -0.1) is 0 Å². The van der Waals surface area contributed by atoms with Gasteiger partial charge in [-0.1, -0.05) is 12.1 Å². The van der Waals surface area contributed by atoms with E-state index in [-0.39, 0.29) is 17.5 Å². The van der Waals surface area contributed by atoms with Gasteiger partial charge in [-0.3, -0.25) is 0 Å². The van der Waals surface area contributed by atoms with Crippen molar-refractivity contribution < 1.29 is 27.4 Å². The summed E-state index contributed by atoms with van der Waals surface area (Å²) in [4.78, 5) is 23.8. The molecule has 1 fully saturated rings. The van der Waals surface area contributed by atoms with Gasteiger partial charge in [0, 0.05) is 20.1 Å². The van der Waals surface area contributed by atoms with Crippen LogP contribution < -0.4 is 4.74 Å². The standard InChI is InChI=1S/C28H35F3N4O3/c1-27(2,3)38-26(36)34(4)14-15-35-12-10-18(11-13-35)21-16-19(28(29,30)31)17-22-24(21)33-25(32-22)20-8-6-7-9-23(20)37-5/h6-9,16-18H,10-15H2,1-5H3,(H,32,33). The van der Waals surface area contributed by atoms with Crippen molar-refractivity contribution in [2.24, 2.45) is 0 Å². The van der Waals surface area contributed by atoms with Crippen molar-refractivity contribution in [3.05, 3.63) is 47.5 Å². The molecule has 0 spiro atoms. The Morgan fingerprint density at radius 2 is 1.84 bits per heavy atom. The number of halogens is 3. The number of aromatic nitrogens is 2. The lowest BCUT2D eigenvalue weighted by atomic mass is 9.87. The van der Waals surface area contributed by atoms with E-state index in [2.05, 4.69) is 14.9 Å². The molecule has 0 saturated carbocycles. The number of rotatable bonds is 6. The molecule has 4 rings (SSSR count). The Balaban J connectivity index is 1.52. The predicted molar refractivity (Wildman–Crippen MR) is 140 cm³/mol. The van der Waals surface area contributed by atoms with Crippen LogP contribution in [0.2, 0.25) is 0 Å². The average molecular weight is 533 g/mol. The number of ether oxygens (including phenoxy) is 2. The molecule has 38 heavy (non-hydrogen) atoms. The molecule has 3 aromatic rings. The maximum absolute atomic E-state index is 13.8. The number of carbonyl (C=O) groups excluding carboxylic acids is 1. The van der Waals surface area contributed by atoms with Crippen molar-refractivity contribution in [2.75, 3.05) is 40.3 Å². The zero-order valence-corrected chi connectivity index (χ0v) is 22.5. The number of imidazole rings is 1. The largest absolute Gasteiger partial charge is 0.496 e. The molecule has 0 unspecified atom stereocenters. The minimum atomic E-state index is -4.47. The third-order valence-electron chi connectivity index (χ3n) is 6.80. The van der Waals surface area contributed by atoms with Gasteiger partial charge in [0.05, 0.1) is 29.3 Å². The number of likely N-dealkylation sites (tertiary alicyclic amines) is 1. The highest BCUT2D eigenvalue weighted by Crippen LogP contribution is 2.39. The second kappa shape index (κ2) is 10.8. The second-order valence-electron chi connectivity index (χ2n) is 10.8. The molecule has 1 amide bonds. The van der Waals surface area contributed by atoms with Crippen molar-refractivity contribution in [1.29, 1.82) is 0 Å². The fraction of sp³-hybridized carbons (Fsp3) is 0.500. The van der Waals surface area contributed by atoms with Gasteiger partial charge >= 0.3 is 12.3 Å². The number of benzene rings is 2. The SMILES string of the molecule is COc1ccccc1-c1nc2cc(C(F)(F)F)cc(C3CCN(CCN(C)C(=O)OC(C)(C)C)CC3)c2[nH]1. The van der Waals surface area contributed by atoms with Crippen LogP contribution in [-0.4, -0.2) is 71.8 Å². The Morgan fingerprint density at radius 3 is 2.47 bits per heavy atom. The minimum Gasteiger partial charge on any atom is -0.496 e. The molecule has 206 valence electrons. The summed E-state index contributed by atoms with van der Waals surface area (Å²) in [5.74, 6) is 1.01. The number of amides is 1. The first-order valence-corrected chi connectivity index (χ1v) is 12.8. The third kappa shape index (κ3) is 6.40. The average Bonchev–Trinajstić information content (AvgIpc) is 3.29. The second-order valence-corrected chi connectivity index (χ2v) is 10.8. The summed E-state index contributed by atoms with van der Waals surface area (Å²) in [5, 5.41) is 0. The van der Waals surface area contributed by atoms with E-state index in [1.807, 2.05) is 39.0 Å². The Morgan fingerprint density at radius 1 is 1.16 bits per heavy atom. The number of nitrogens with one attached hydrogen (secondary N) is 1. The maximum atomic E-state index is 13.8. The molecular weight excluding hydrogens is 497 g/mol. The number of likely N-dealkylation sites (N-methyl/N-ethyl adjacent to an activating group) is 1. The van der Waals surface area contributed by atoms with Gasteiger partial charge in [0.15, 0.2) is 0 Å². The summed E-state index contributed by atoms with van der Waals surface area (Å²) in [6, 6.07) is 9.66. The summed E-state index contributed by atoms with van der Waals surface area (Å²) in [5.41, 5.74) is 0.986. The van der Waals surface area contributed by atoms with E-state index in [9.17, 15) is 18.0 Å². The number of alkyl halides is 3. The zero-order chi connectivity index (χ0) is 27.7. The van der Waals surface area contributed by atoms with Gasteiger partial charge in [-0.2, -0.15) is 13.2 Å². The molecule has 1 saturated heterocycles. The number of para-hydroxylation sites is 1. The number of carbonyl (C=O) groups is 1. The van der Waals surface area contributed by atoms with Gasteiger partial charge in [0.2, 0.25) is 0 Å². The van der Waals surface area contributed by atoms with Crippen molar-refractivity contribution >= 4 is 17.1 Å². The first-order chi connectivity index (χ1) is 17.9. The lowest BCUT2D eigenvalue weighted by Crippen LogP contribution is -2.41. The molecule has 1 N–H and O–H groups in total. The van der Waals surface area contributed by atoms with Gasteiger partial charge in [-0.05, 0) is 82.4 Å². The summed E-state index contributed by atoms with van der Waals surface area (Å²) < 4.78 is 52.3. The monoisotopic (exact) mass is 532 g/mol. The Hall–Kier alpha value is -3.27. The van der Waals surface area contributed by atoms with E-state index in [1.54, 1.807) is 25.1 Å². The molecule has 2 aromatic carbocycles.